The van der Waals surface area contributed by atoms with Gasteiger partial charge < -0.3 is 10.1 Å². The SMILES string of the molecule is N#Cc1ccc(C#CCNC(=O)OCC2c3ccccc3-c3ccccc32)cn1. The number of carbonyl (C=O) groups is 1. The minimum atomic E-state index is -0.501. The molecule has 0 spiro atoms. The summed E-state index contributed by atoms with van der Waals surface area (Å²) in [6.07, 6.45) is 1.03. The van der Waals surface area contributed by atoms with Crippen LogP contribution in [-0.2, 0) is 4.74 Å². The average Bonchev–Trinajstić information content (AvgIpc) is 3.09. The maximum atomic E-state index is 12.1. The number of nitrogens with one attached hydrogen (secondary N) is 1. The van der Waals surface area contributed by atoms with Crippen molar-refractivity contribution in [2.75, 3.05) is 13.2 Å². The van der Waals surface area contributed by atoms with Crippen molar-refractivity contribution in [1.29, 1.82) is 5.26 Å². The molecular weight excluding hydrogens is 362 g/mol. The van der Waals surface area contributed by atoms with Gasteiger partial charge in [-0.1, -0.05) is 60.4 Å². The lowest BCUT2D eigenvalue weighted by atomic mass is 9.98. The molecule has 0 saturated carbocycles. The number of fused-ring (bicyclic) bond motifs is 3. The third kappa shape index (κ3) is 3.95. The van der Waals surface area contributed by atoms with Crippen LogP contribution < -0.4 is 5.32 Å². The molecular formula is C24H17N3O2. The first-order valence-electron chi connectivity index (χ1n) is 9.20. The zero-order valence-electron chi connectivity index (χ0n) is 15.6. The van der Waals surface area contributed by atoms with Crippen molar-refractivity contribution in [2.45, 2.75) is 5.92 Å². The van der Waals surface area contributed by atoms with Gasteiger partial charge in [-0.2, -0.15) is 5.26 Å². The van der Waals surface area contributed by atoms with E-state index in [-0.39, 0.29) is 19.1 Å². The van der Waals surface area contributed by atoms with Crippen LogP contribution in [0.25, 0.3) is 11.1 Å². The molecule has 0 saturated heterocycles. The van der Waals surface area contributed by atoms with Crippen molar-refractivity contribution < 1.29 is 9.53 Å². The van der Waals surface area contributed by atoms with E-state index in [1.165, 1.54) is 28.5 Å². The normalized spacial score (nSPS) is 11.4. The first kappa shape index (κ1) is 18.3. The number of benzene rings is 2. The van der Waals surface area contributed by atoms with E-state index in [0.717, 1.165) is 0 Å². The molecule has 4 rings (SSSR count). The van der Waals surface area contributed by atoms with E-state index in [2.05, 4.69) is 46.4 Å². The largest absolute Gasteiger partial charge is 0.449 e. The van der Waals surface area contributed by atoms with Gasteiger partial charge in [-0.15, -0.1) is 0 Å². The Morgan fingerprint density at radius 3 is 2.34 bits per heavy atom. The first-order valence-corrected chi connectivity index (χ1v) is 9.20. The third-order valence-electron chi connectivity index (χ3n) is 4.78. The smallest absolute Gasteiger partial charge is 0.407 e. The summed E-state index contributed by atoms with van der Waals surface area (Å²) in [6, 6.07) is 21.7. The van der Waals surface area contributed by atoms with E-state index < -0.39 is 6.09 Å². The van der Waals surface area contributed by atoms with Gasteiger partial charge in [0, 0.05) is 17.7 Å². The zero-order valence-corrected chi connectivity index (χ0v) is 15.6. The van der Waals surface area contributed by atoms with Gasteiger partial charge in [0.1, 0.15) is 18.4 Å². The minimum Gasteiger partial charge on any atom is -0.449 e. The van der Waals surface area contributed by atoms with E-state index >= 15 is 0 Å². The molecule has 5 nitrogen and oxygen atoms in total. The zero-order chi connectivity index (χ0) is 20.1. The molecule has 1 N–H and O–H groups in total. The second kappa shape index (κ2) is 8.29. The van der Waals surface area contributed by atoms with Gasteiger partial charge in [-0.3, -0.25) is 0 Å². The maximum absolute atomic E-state index is 12.1. The molecule has 0 atom stereocenters. The molecule has 140 valence electrons. The lowest BCUT2D eigenvalue weighted by Gasteiger charge is -2.14. The number of hydrogen-bond donors (Lipinski definition) is 1. The van der Waals surface area contributed by atoms with Crippen LogP contribution in [0.3, 0.4) is 0 Å². The lowest BCUT2D eigenvalue weighted by Crippen LogP contribution is -2.26. The fourth-order valence-electron chi connectivity index (χ4n) is 3.45. The molecule has 1 aliphatic carbocycles. The molecule has 29 heavy (non-hydrogen) atoms. The van der Waals surface area contributed by atoms with Crippen LogP contribution in [0.15, 0.2) is 66.9 Å². The van der Waals surface area contributed by atoms with E-state index in [1.54, 1.807) is 12.1 Å². The lowest BCUT2D eigenvalue weighted by molar-refractivity contribution is 0.144. The summed E-state index contributed by atoms with van der Waals surface area (Å²) in [4.78, 5) is 16.0. The Balaban J connectivity index is 1.33. The quantitative estimate of drug-likeness (QED) is 0.702. The highest BCUT2D eigenvalue weighted by Crippen LogP contribution is 2.44. The van der Waals surface area contributed by atoms with Crippen molar-refractivity contribution >= 4 is 6.09 Å². The molecule has 0 radical (unpaired) electrons. The summed E-state index contributed by atoms with van der Waals surface area (Å²) < 4.78 is 5.46. The van der Waals surface area contributed by atoms with Gasteiger partial charge in [-0.05, 0) is 34.4 Å². The van der Waals surface area contributed by atoms with E-state index in [0.29, 0.717) is 11.3 Å². The second-order valence-electron chi connectivity index (χ2n) is 6.52. The number of aromatic nitrogens is 1. The Morgan fingerprint density at radius 1 is 1.03 bits per heavy atom. The van der Waals surface area contributed by atoms with Crippen molar-refractivity contribution in [2.24, 2.45) is 0 Å². The van der Waals surface area contributed by atoms with Crippen molar-refractivity contribution in [3.05, 3.63) is 89.2 Å². The van der Waals surface area contributed by atoms with E-state index in [1.807, 2.05) is 30.3 Å². The monoisotopic (exact) mass is 379 g/mol. The van der Waals surface area contributed by atoms with Crippen molar-refractivity contribution in [3.8, 4) is 29.0 Å². The van der Waals surface area contributed by atoms with Crippen LogP contribution in [0.2, 0.25) is 0 Å². The summed E-state index contributed by atoms with van der Waals surface area (Å²) in [5, 5.41) is 11.4. The molecule has 2 aromatic carbocycles. The minimum absolute atomic E-state index is 0.0314. The highest BCUT2D eigenvalue weighted by Gasteiger charge is 2.28. The van der Waals surface area contributed by atoms with Crippen molar-refractivity contribution in [1.82, 2.24) is 10.3 Å². The summed E-state index contributed by atoms with van der Waals surface area (Å²) in [7, 11) is 0. The van der Waals surface area contributed by atoms with Crippen LogP contribution in [-0.4, -0.2) is 24.2 Å². The standard InChI is InChI=1S/C24H17N3O2/c25-14-18-12-11-17(15-27-18)6-5-13-26-24(28)29-16-23-21-9-3-1-7-19(21)20-8-2-4-10-22(20)23/h1-4,7-12,15,23H,13,16H2,(H,26,28). The van der Waals surface area contributed by atoms with Crippen LogP contribution in [0.5, 0.6) is 0 Å². The number of nitriles is 1. The van der Waals surface area contributed by atoms with Gasteiger partial charge in [0.15, 0.2) is 0 Å². The fourth-order valence-corrected chi connectivity index (χ4v) is 3.45. The van der Waals surface area contributed by atoms with E-state index in [9.17, 15) is 4.79 Å². The fraction of sp³-hybridized carbons (Fsp3) is 0.125. The van der Waals surface area contributed by atoms with Gasteiger partial charge in [0.2, 0.25) is 0 Å². The van der Waals surface area contributed by atoms with E-state index in [4.69, 9.17) is 10.00 Å². The number of hydrogen-bond acceptors (Lipinski definition) is 4. The third-order valence-corrected chi connectivity index (χ3v) is 4.78. The number of ether oxygens (including phenoxy) is 1. The highest BCUT2D eigenvalue weighted by molar-refractivity contribution is 5.79. The number of amides is 1. The summed E-state index contributed by atoms with van der Waals surface area (Å²) in [5.41, 5.74) is 5.76. The molecule has 0 aliphatic heterocycles. The highest BCUT2D eigenvalue weighted by atomic mass is 16.5. The summed E-state index contributed by atoms with van der Waals surface area (Å²) >= 11 is 0. The predicted molar refractivity (Wildman–Crippen MR) is 109 cm³/mol. The summed E-state index contributed by atoms with van der Waals surface area (Å²) in [5.74, 6) is 5.76. The molecule has 1 aromatic heterocycles. The summed E-state index contributed by atoms with van der Waals surface area (Å²) in [6.45, 7) is 0.434. The Kier molecular flexibility index (Phi) is 5.23. The number of alkyl carbamates (subject to hydrolysis) is 1. The number of carbonyl (C=O) groups excluding carboxylic acids is 1. The van der Waals surface area contributed by atoms with Gasteiger partial charge in [0.05, 0.1) is 6.54 Å². The molecule has 1 aliphatic rings. The van der Waals surface area contributed by atoms with Gasteiger partial charge >= 0.3 is 6.09 Å². The van der Waals surface area contributed by atoms with Crippen LogP contribution >= 0.6 is 0 Å². The molecule has 5 heteroatoms. The number of nitrogens with zero attached hydrogens (tertiary/aromatic N) is 2. The van der Waals surface area contributed by atoms with Crippen LogP contribution in [0, 0.1) is 23.2 Å². The molecule has 1 heterocycles. The maximum Gasteiger partial charge on any atom is 0.407 e. The average molecular weight is 379 g/mol. The molecule has 0 bridgehead atoms. The van der Waals surface area contributed by atoms with Gasteiger partial charge in [-0.25, -0.2) is 9.78 Å². The predicted octanol–water partition coefficient (Wildman–Crippen LogP) is 3.84. The second-order valence-corrected chi connectivity index (χ2v) is 6.52. The molecule has 1 amide bonds. The Hall–Kier alpha value is -4.09. The molecule has 3 aromatic rings. The van der Waals surface area contributed by atoms with Crippen molar-refractivity contribution in [3.63, 3.8) is 0 Å². The Morgan fingerprint density at radius 2 is 1.72 bits per heavy atom. The number of rotatable bonds is 3. The molecule has 0 fully saturated rings. The Labute approximate surface area is 169 Å². The van der Waals surface area contributed by atoms with Gasteiger partial charge in [0.25, 0.3) is 0 Å². The number of pyridine rings is 1. The van der Waals surface area contributed by atoms with Crippen LogP contribution in [0.4, 0.5) is 4.79 Å². The van der Waals surface area contributed by atoms with Crippen LogP contribution in [0.1, 0.15) is 28.3 Å². The topological polar surface area (TPSA) is 75.0 Å². The first-order chi connectivity index (χ1) is 14.3. The Bertz CT molecular complexity index is 1110. The molecule has 0 unspecified atom stereocenters.